The lowest BCUT2D eigenvalue weighted by molar-refractivity contribution is 0.184. The number of halogens is 1. The van der Waals surface area contributed by atoms with Gasteiger partial charge in [0.2, 0.25) is 0 Å². The van der Waals surface area contributed by atoms with E-state index in [1.165, 1.54) is 43.2 Å². The summed E-state index contributed by atoms with van der Waals surface area (Å²) in [4.78, 5) is 4.70. The zero-order valence-corrected chi connectivity index (χ0v) is 13.2. The topological polar surface area (TPSA) is 17.8 Å². The first kappa shape index (κ1) is 13.9. The van der Waals surface area contributed by atoms with Crippen LogP contribution in [-0.2, 0) is 12.4 Å². The predicted octanol–water partition coefficient (Wildman–Crippen LogP) is 5.05. The van der Waals surface area contributed by atoms with Gasteiger partial charge in [-0.2, -0.15) is 0 Å². The standard InChI is InChI=1S/C17H23ClN2/c1-13-6-7-14-15(10-13)20(16(11-18)19-14)12-17(2)8-4-3-5-9-17/h6-7,10H,3-5,8-9,11-12H2,1-2H3. The zero-order valence-electron chi connectivity index (χ0n) is 12.5. The van der Waals surface area contributed by atoms with Gasteiger partial charge >= 0.3 is 0 Å². The molecule has 1 saturated carbocycles. The Kier molecular flexibility index (Phi) is 3.76. The number of hydrogen-bond acceptors (Lipinski definition) is 1. The maximum absolute atomic E-state index is 6.12. The average Bonchev–Trinajstić information content (AvgIpc) is 2.77. The van der Waals surface area contributed by atoms with Crippen LogP contribution >= 0.6 is 11.6 Å². The highest BCUT2D eigenvalue weighted by Gasteiger charge is 2.28. The number of aryl methyl sites for hydroxylation is 1. The van der Waals surface area contributed by atoms with Crippen molar-refractivity contribution in [3.8, 4) is 0 Å². The van der Waals surface area contributed by atoms with Crippen molar-refractivity contribution in [3.63, 3.8) is 0 Å². The van der Waals surface area contributed by atoms with Crippen LogP contribution < -0.4 is 0 Å². The van der Waals surface area contributed by atoms with E-state index in [-0.39, 0.29) is 0 Å². The molecule has 1 heterocycles. The number of benzene rings is 1. The largest absolute Gasteiger partial charge is 0.326 e. The second kappa shape index (κ2) is 5.40. The van der Waals surface area contributed by atoms with Crippen LogP contribution in [0, 0.1) is 12.3 Å². The number of alkyl halides is 1. The van der Waals surface area contributed by atoms with E-state index >= 15 is 0 Å². The van der Waals surface area contributed by atoms with Crippen molar-refractivity contribution in [3.05, 3.63) is 29.6 Å². The van der Waals surface area contributed by atoms with Crippen LogP contribution in [0.1, 0.15) is 50.4 Å². The molecular weight excluding hydrogens is 268 g/mol. The van der Waals surface area contributed by atoms with Crippen LogP contribution in [0.5, 0.6) is 0 Å². The van der Waals surface area contributed by atoms with Gasteiger partial charge in [0.05, 0.1) is 16.9 Å². The molecular formula is C17H23ClN2. The Morgan fingerprint density at radius 2 is 2.00 bits per heavy atom. The van der Waals surface area contributed by atoms with Crippen LogP contribution in [-0.4, -0.2) is 9.55 Å². The molecule has 2 nitrogen and oxygen atoms in total. The number of nitrogens with zero attached hydrogens (tertiary/aromatic N) is 2. The van der Waals surface area contributed by atoms with E-state index in [0.717, 1.165) is 17.9 Å². The summed E-state index contributed by atoms with van der Waals surface area (Å²) in [6.07, 6.45) is 6.75. The second-order valence-electron chi connectivity index (χ2n) is 6.61. The summed E-state index contributed by atoms with van der Waals surface area (Å²) in [5.74, 6) is 1.50. The monoisotopic (exact) mass is 290 g/mol. The fourth-order valence-electron chi connectivity index (χ4n) is 3.51. The first-order valence-electron chi connectivity index (χ1n) is 7.63. The highest BCUT2D eigenvalue weighted by molar-refractivity contribution is 6.16. The second-order valence-corrected chi connectivity index (χ2v) is 6.88. The Morgan fingerprint density at radius 1 is 1.25 bits per heavy atom. The van der Waals surface area contributed by atoms with Crippen molar-refractivity contribution in [2.45, 2.75) is 58.4 Å². The smallest absolute Gasteiger partial charge is 0.124 e. The van der Waals surface area contributed by atoms with Crippen LogP contribution in [0.15, 0.2) is 18.2 Å². The number of hydrogen-bond donors (Lipinski definition) is 0. The summed E-state index contributed by atoms with van der Waals surface area (Å²) < 4.78 is 2.36. The van der Waals surface area contributed by atoms with Gasteiger partial charge in [-0.1, -0.05) is 32.3 Å². The Balaban J connectivity index is 2.02. The van der Waals surface area contributed by atoms with Crippen LogP contribution in [0.25, 0.3) is 11.0 Å². The Morgan fingerprint density at radius 3 is 2.70 bits per heavy atom. The quantitative estimate of drug-likeness (QED) is 0.723. The van der Waals surface area contributed by atoms with Gasteiger partial charge in [0.25, 0.3) is 0 Å². The highest BCUT2D eigenvalue weighted by Crippen LogP contribution is 2.38. The van der Waals surface area contributed by atoms with E-state index in [1.54, 1.807) is 0 Å². The zero-order chi connectivity index (χ0) is 14.2. The maximum atomic E-state index is 6.12. The molecule has 1 aliphatic carbocycles. The van der Waals surface area contributed by atoms with Gasteiger partial charge in [0, 0.05) is 6.54 Å². The van der Waals surface area contributed by atoms with Gasteiger partial charge in [-0.3, -0.25) is 0 Å². The normalized spacial score (nSPS) is 18.6. The molecule has 0 N–H and O–H groups in total. The summed E-state index contributed by atoms with van der Waals surface area (Å²) in [5, 5.41) is 0. The third-order valence-corrected chi connectivity index (χ3v) is 4.94. The van der Waals surface area contributed by atoms with Crippen molar-refractivity contribution in [2.24, 2.45) is 5.41 Å². The number of rotatable bonds is 3. The molecule has 1 aromatic carbocycles. The molecule has 3 heteroatoms. The van der Waals surface area contributed by atoms with E-state index in [0.29, 0.717) is 11.3 Å². The molecule has 1 aliphatic rings. The Hall–Kier alpha value is -1.02. The molecule has 0 unspecified atom stereocenters. The van der Waals surface area contributed by atoms with Gasteiger partial charge in [-0.25, -0.2) is 4.98 Å². The molecule has 1 aromatic heterocycles. The molecule has 0 spiro atoms. The first-order chi connectivity index (χ1) is 9.61. The van der Waals surface area contributed by atoms with Crippen molar-refractivity contribution < 1.29 is 0 Å². The van der Waals surface area contributed by atoms with Crippen LogP contribution in [0.2, 0.25) is 0 Å². The van der Waals surface area contributed by atoms with E-state index in [2.05, 4.69) is 36.6 Å². The van der Waals surface area contributed by atoms with Crippen LogP contribution in [0.4, 0.5) is 0 Å². The van der Waals surface area contributed by atoms with Gasteiger partial charge in [-0.15, -0.1) is 11.6 Å². The molecule has 20 heavy (non-hydrogen) atoms. The predicted molar refractivity (Wildman–Crippen MR) is 85.2 cm³/mol. The third kappa shape index (κ3) is 2.58. The van der Waals surface area contributed by atoms with Gasteiger partial charge in [-0.05, 0) is 42.9 Å². The van der Waals surface area contributed by atoms with Crippen molar-refractivity contribution in [2.75, 3.05) is 0 Å². The minimum Gasteiger partial charge on any atom is -0.326 e. The number of fused-ring (bicyclic) bond motifs is 1. The van der Waals surface area contributed by atoms with Crippen molar-refractivity contribution >= 4 is 22.6 Å². The van der Waals surface area contributed by atoms with E-state index in [9.17, 15) is 0 Å². The summed E-state index contributed by atoms with van der Waals surface area (Å²) >= 11 is 6.12. The SMILES string of the molecule is Cc1ccc2nc(CCl)n(CC3(C)CCCCC3)c2c1. The fourth-order valence-corrected chi connectivity index (χ4v) is 3.71. The fraction of sp³-hybridized carbons (Fsp3) is 0.588. The lowest BCUT2D eigenvalue weighted by Crippen LogP contribution is -2.26. The van der Waals surface area contributed by atoms with E-state index < -0.39 is 0 Å². The molecule has 0 atom stereocenters. The lowest BCUT2D eigenvalue weighted by atomic mass is 9.75. The third-order valence-electron chi connectivity index (χ3n) is 4.70. The summed E-state index contributed by atoms with van der Waals surface area (Å²) in [6, 6.07) is 6.48. The minimum absolute atomic E-state index is 0.399. The first-order valence-corrected chi connectivity index (χ1v) is 8.16. The number of aromatic nitrogens is 2. The number of imidazole rings is 1. The van der Waals surface area contributed by atoms with Crippen molar-refractivity contribution in [1.29, 1.82) is 0 Å². The van der Waals surface area contributed by atoms with Crippen molar-refractivity contribution in [1.82, 2.24) is 9.55 Å². The van der Waals surface area contributed by atoms with Crippen LogP contribution in [0.3, 0.4) is 0 Å². The molecule has 108 valence electrons. The Bertz CT molecular complexity index is 609. The molecule has 0 saturated heterocycles. The highest BCUT2D eigenvalue weighted by atomic mass is 35.5. The Labute approximate surface area is 126 Å². The molecule has 1 fully saturated rings. The molecule has 2 aromatic rings. The summed E-state index contributed by atoms with van der Waals surface area (Å²) in [6.45, 7) is 5.61. The molecule has 0 bridgehead atoms. The van der Waals surface area contributed by atoms with Gasteiger partial charge in [0.15, 0.2) is 0 Å². The lowest BCUT2D eigenvalue weighted by Gasteiger charge is -2.34. The minimum atomic E-state index is 0.399. The molecule has 0 aliphatic heterocycles. The van der Waals surface area contributed by atoms with E-state index in [1.807, 2.05) is 0 Å². The van der Waals surface area contributed by atoms with Gasteiger partial charge in [0.1, 0.15) is 5.82 Å². The summed E-state index contributed by atoms with van der Waals surface area (Å²) in [5.41, 5.74) is 4.00. The molecule has 0 radical (unpaired) electrons. The van der Waals surface area contributed by atoms with E-state index in [4.69, 9.17) is 16.6 Å². The molecule has 3 rings (SSSR count). The maximum Gasteiger partial charge on any atom is 0.124 e. The molecule has 0 amide bonds. The van der Waals surface area contributed by atoms with Gasteiger partial charge < -0.3 is 4.57 Å². The summed E-state index contributed by atoms with van der Waals surface area (Å²) in [7, 11) is 0. The average molecular weight is 291 g/mol.